The molecule has 3 N–H and O–H groups in total. The van der Waals surface area contributed by atoms with E-state index < -0.39 is 12.3 Å². The number of alkyl halides is 3. The van der Waals surface area contributed by atoms with Gasteiger partial charge in [0.15, 0.2) is 0 Å². The molecule has 2 aromatic rings. The second kappa shape index (κ2) is 12.3. The van der Waals surface area contributed by atoms with Crippen molar-refractivity contribution in [2.24, 2.45) is 10.7 Å². The van der Waals surface area contributed by atoms with Crippen molar-refractivity contribution in [3.05, 3.63) is 70.7 Å². The molecule has 2 rings (SSSR count). The number of rotatable bonds is 10. The van der Waals surface area contributed by atoms with Gasteiger partial charge in [0.05, 0.1) is 0 Å². The highest BCUT2D eigenvalue weighted by atomic mass is 32.2. The highest BCUT2D eigenvalue weighted by molar-refractivity contribution is 8.02. The molecule has 35 heavy (non-hydrogen) atoms. The Balaban J connectivity index is 2.74. The lowest BCUT2D eigenvalue weighted by atomic mass is 9.93. The molecule has 0 aromatic heterocycles. The zero-order chi connectivity index (χ0) is 26.2. The molecule has 0 aliphatic heterocycles. The first-order valence-electron chi connectivity index (χ1n) is 10.5. The van der Waals surface area contributed by atoms with Crippen LogP contribution in [0.1, 0.15) is 37.0 Å². The van der Waals surface area contributed by atoms with Gasteiger partial charge in [-0.15, -0.1) is 13.2 Å². The molecule has 2 aromatic carbocycles. The standard InChI is InChI=1S/C25H26F3N3O3S/c1-5-15(3)13-35-23-16(4)20(17-7-9-19(10-8-17)34-25(26,27)28)11-18(12-30-21(33)6-2)22(23)24(29)31-14-32/h6-11,13-14H,2,5,12H2,1,3-4H3,(H,30,33)(H2,29,31,32)/b15-13+. The zero-order valence-corrected chi connectivity index (χ0v) is 20.3. The van der Waals surface area contributed by atoms with Crippen molar-refractivity contribution in [2.75, 3.05) is 0 Å². The van der Waals surface area contributed by atoms with Crippen molar-refractivity contribution >= 4 is 29.9 Å². The Bertz CT molecular complexity index is 1160. The van der Waals surface area contributed by atoms with Crippen LogP contribution in [-0.2, 0) is 16.1 Å². The van der Waals surface area contributed by atoms with Gasteiger partial charge >= 0.3 is 6.36 Å². The van der Waals surface area contributed by atoms with Crippen LogP contribution in [0.15, 0.2) is 63.9 Å². The Kier molecular flexibility index (Phi) is 9.70. The second-order valence-corrected chi connectivity index (χ2v) is 8.34. The predicted molar refractivity (Wildman–Crippen MR) is 132 cm³/mol. The molecule has 0 heterocycles. The lowest BCUT2D eigenvalue weighted by Gasteiger charge is -2.20. The molecule has 0 aliphatic carbocycles. The van der Waals surface area contributed by atoms with E-state index in [4.69, 9.17) is 5.73 Å². The molecular weight excluding hydrogens is 479 g/mol. The minimum absolute atomic E-state index is 0.0171. The fraction of sp³-hybridized carbons (Fsp3) is 0.240. The number of thioether (sulfide) groups is 1. The number of amides is 2. The number of ether oxygens (including phenoxy) is 1. The van der Waals surface area contributed by atoms with Crippen LogP contribution < -0.4 is 15.8 Å². The molecule has 186 valence electrons. The topological polar surface area (TPSA) is 93.8 Å². The van der Waals surface area contributed by atoms with E-state index in [1.54, 1.807) is 6.07 Å². The zero-order valence-electron chi connectivity index (χ0n) is 19.5. The van der Waals surface area contributed by atoms with Crippen molar-refractivity contribution in [3.8, 4) is 16.9 Å². The van der Waals surface area contributed by atoms with Gasteiger partial charge in [-0.2, -0.15) is 4.99 Å². The summed E-state index contributed by atoms with van der Waals surface area (Å²) in [5.41, 5.74) is 10.4. The third-order valence-electron chi connectivity index (χ3n) is 5.03. The van der Waals surface area contributed by atoms with Crippen LogP contribution in [0.2, 0.25) is 0 Å². The number of carbonyl (C=O) groups is 2. The van der Waals surface area contributed by atoms with Crippen molar-refractivity contribution < 1.29 is 27.5 Å². The fourth-order valence-electron chi connectivity index (χ4n) is 3.13. The lowest BCUT2D eigenvalue weighted by molar-refractivity contribution is -0.274. The Morgan fingerprint density at radius 2 is 1.94 bits per heavy atom. The minimum atomic E-state index is -4.79. The number of nitrogens with one attached hydrogen (secondary N) is 1. The summed E-state index contributed by atoms with van der Waals surface area (Å²) in [6, 6.07) is 7.25. The number of halogens is 3. The van der Waals surface area contributed by atoms with Gasteiger partial charge in [-0.3, -0.25) is 9.59 Å². The maximum absolute atomic E-state index is 12.6. The van der Waals surface area contributed by atoms with Crippen LogP contribution in [0, 0.1) is 6.92 Å². The second-order valence-electron chi connectivity index (χ2n) is 7.46. The molecular formula is C25H26F3N3O3S. The highest BCUT2D eigenvalue weighted by Gasteiger charge is 2.31. The smallest absolute Gasteiger partial charge is 0.406 e. The van der Waals surface area contributed by atoms with E-state index in [0.717, 1.165) is 23.6 Å². The largest absolute Gasteiger partial charge is 0.573 e. The Labute approximate surface area is 206 Å². The lowest BCUT2D eigenvalue weighted by Crippen LogP contribution is -2.24. The summed E-state index contributed by atoms with van der Waals surface area (Å²) < 4.78 is 41.6. The third kappa shape index (κ3) is 7.74. The van der Waals surface area contributed by atoms with Gasteiger partial charge in [-0.1, -0.05) is 43.0 Å². The van der Waals surface area contributed by atoms with Gasteiger partial charge in [0, 0.05) is 17.0 Å². The number of nitrogens with two attached hydrogens (primary N) is 1. The average molecular weight is 506 g/mol. The van der Waals surface area contributed by atoms with Crippen LogP contribution in [0.25, 0.3) is 11.1 Å². The number of amidine groups is 1. The maximum Gasteiger partial charge on any atom is 0.573 e. The molecule has 0 fully saturated rings. The summed E-state index contributed by atoms with van der Waals surface area (Å²) >= 11 is 1.39. The molecule has 6 nitrogen and oxygen atoms in total. The van der Waals surface area contributed by atoms with Crippen LogP contribution in [0.5, 0.6) is 5.75 Å². The first-order chi connectivity index (χ1) is 16.5. The predicted octanol–water partition coefficient (Wildman–Crippen LogP) is 5.63. The van der Waals surface area contributed by atoms with E-state index in [9.17, 15) is 22.8 Å². The van der Waals surface area contributed by atoms with Gasteiger partial charge in [-0.05, 0) is 72.2 Å². The molecule has 0 unspecified atom stereocenters. The molecule has 0 saturated heterocycles. The number of aliphatic imine (C=N–C) groups is 1. The third-order valence-corrected chi connectivity index (χ3v) is 6.30. The van der Waals surface area contributed by atoms with Crippen molar-refractivity contribution in [1.29, 1.82) is 0 Å². The summed E-state index contributed by atoms with van der Waals surface area (Å²) in [4.78, 5) is 27.3. The Morgan fingerprint density at radius 1 is 1.29 bits per heavy atom. The van der Waals surface area contributed by atoms with E-state index in [0.29, 0.717) is 33.6 Å². The summed E-state index contributed by atoms with van der Waals surface area (Å²) in [6.45, 7) is 9.32. The number of benzene rings is 2. The van der Waals surface area contributed by atoms with Gasteiger partial charge in [0.25, 0.3) is 0 Å². The van der Waals surface area contributed by atoms with E-state index in [2.05, 4.69) is 21.6 Å². The average Bonchev–Trinajstić information content (AvgIpc) is 2.81. The summed E-state index contributed by atoms with van der Waals surface area (Å²) in [6.07, 6.45) is -2.51. The first kappa shape index (κ1) is 27.7. The fourth-order valence-corrected chi connectivity index (χ4v) is 4.26. The minimum Gasteiger partial charge on any atom is -0.406 e. The molecule has 0 radical (unpaired) electrons. The first-order valence-corrected chi connectivity index (χ1v) is 11.4. The molecule has 10 heteroatoms. The number of nitrogens with zero attached hydrogens (tertiary/aromatic N) is 1. The highest BCUT2D eigenvalue weighted by Crippen LogP contribution is 2.38. The van der Waals surface area contributed by atoms with Crippen molar-refractivity contribution in [2.45, 2.75) is 45.0 Å². The van der Waals surface area contributed by atoms with Crippen molar-refractivity contribution in [1.82, 2.24) is 5.32 Å². The van der Waals surface area contributed by atoms with E-state index >= 15 is 0 Å². The molecule has 0 bridgehead atoms. The van der Waals surface area contributed by atoms with Crippen LogP contribution in [-0.4, -0.2) is 24.5 Å². The Hall–Kier alpha value is -3.53. The summed E-state index contributed by atoms with van der Waals surface area (Å²) in [7, 11) is 0. The summed E-state index contributed by atoms with van der Waals surface area (Å²) in [5, 5.41) is 4.65. The Morgan fingerprint density at radius 3 is 2.49 bits per heavy atom. The van der Waals surface area contributed by atoms with Gasteiger partial charge in [0.1, 0.15) is 11.6 Å². The van der Waals surface area contributed by atoms with Crippen molar-refractivity contribution in [3.63, 3.8) is 0 Å². The maximum atomic E-state index is 12.6. The van der Waals surface area contributed by atoms with Crippen LogP contribution >= 0.6 is 11.8 Å². The van der Waals surface area contributed by atoms with Gasteiger partial charge in [-0.25, -0.2) is 0 Å². The van der Waals surface area contributed by atoms with E-state index in [1.807, 2.05) is 26.2 Å². The van der Waals surface area contributed by atoms with Gasteiger partial charge in [0.2, 0.25) is 12.3 Å². The van der Waals surface area contributed by atoms with E-state index in [-0.39, 0.29) is 18.1 Å². The number of carbonyl (C=O) groups excluding carboxylic acids is 2. The van der Waals surface area contributed by atoms with Gasteiger partial charge < -0.3 is 15.8 Å². The quantitative estimate of drug-likeness (QED) is 0.144. The monoisotopic (exact) mass is 505 g/mol. The molecule has 0 saturated carbocycles. The number of hydrogen-bond acceptors (Lipinski definition) is 4. The molecule has 2 amide bonds. The summed E-state index contributed by atoms with van der Waals surface area (Å²) in [5.74, 6) is -0.766. The van der Waals surface area contributed by atoms with Crippen LogP contribution in [0.4, 0.5) is 13.2 Å². The normalized spacial score (nSPS) is 12.3. The molecule has 0 spiro atoms. The number of hydrogen-bond donors (Lipinski definition) is 2. The number of allylic oxidation sites excluding steroid dienone is 1. The SMILES string of the molecule is C=CC(=O)NCc1cc(-c2ccc(OC(F)(F)F)cc2)c(C)c(S/C=C(\C)CC)c1C(N)=NC=O. The van der Waals surface area contributed by atoms with E-state index in [1.165, 1.54) is 36.0 Å². The van der Waals surface area contributed by atoms with Crippen LogP contribution in [0.3, 0.4) is 0 Å². The molecule has 0 atom stereocenters. The molecule has 0 aliphatic rings.